The van der Waals surface area contributed by atoms with Gasteiger partial charge in [0, 0.05) is 18.7 Å². The van der Waals surface area contributed by atoms with E-state index in [1.54, 1.807) is 6.26 Å². The van der Waals surface area contributed by atoms with Gasteiger partial charge in [-0.05, 0) is 25.8 Å². The van der Waals surface area contributed by atoms with E-state index in [4.69, 9.17) is 4.52 Å². The molecule has 3 heteroatoms. The van der Waals surface area contributed by atoms with E-state index >= 15 is 0 Å². The van der Waals surface area contributed by atoms with Gasteiger partial charge in [-0.3, -0.25) is 4.90 Å². The van der Waals surface area contributed by atoms with Crippen molar-refractivity contribution in [2.24, 2.45) is 5.92 Å². The van der Waals surface area contributed by atoms with E-state index in [1.807, 2.05) is 6.07 Å². The topological polar surface area (TPSA) is 29.3 Å². The summed E-state index contributed by atoms with van der Waals surface area (Å²) < 4.78 is 4.81. The van der Waals surface area contributed by atoms with Crippen molar-refractivity contribution in [3.05, 3.63) is 18.0 Å². The number of rotatable bonds is 2. The minimum Gasteiger partial charge on any atom is -0.364 e. The highest BCUT2D eigenvalue weighted by molar-refractivity contribution is 4.97. The minimum absolute atomic E-state index is 0.677. The molecule has 0 aliphatic carbocycles. The van der Waals surface area contributed by atoms with Crippen molar-refractivity contribution in [1.82, 2.24) is 10.1 Å². The van der Waals surface area contributed by atoms with Gasteiger partial charge in [-0.1, -0.05) is 12.1 Å². The third kappa shape index (κ3) is 1.75. The average molecular weight is 180 g/mol. The Bertz CT molecular complexity index is 258. The van der Waals surface area contributed by atoms with Crippen LogP contribution in [0, 0.1) is 5.92 Å². The highest BCUT2D eigenvalue weighted by Gasteiger charge is 2.27. The molecule has 72 valence electrons. The van der Waals surface area contributed by atoms with E-state index in [1.165, 1.54) is 13.0 Å². The summed E-state index contributed by atoms with van der Waals surface area (Å²) in [6.45, 7) is 6.72. The van der Waals surface area contributed by atoms with Crippen LogP contribution < -0.4 is 0 Å². The molecule has 0 amide bonds. The van der Waals surface area contributed by atoms with Crippen molar-refractivity contribution >= 4 is 0 Å². The number of likely N-dealkylation sites (tertiary alicyclic amines) is 1. The Hall–Kier alpha value is -0.830. The van der Waals surface area contributed by atoms with Gasteiger partial charge in [0.1, 0.15) is 6.26 Å². The first-order valence-electron chi connectivity index (χ1n) is 4.90. The van der Waals surface area contributed by atoms with Crippen LogP contribution in [-0.4, -0.2) is 22.6 Å². The Balaban J connectivity index is 1.96. The fraction of sp³-hybridized carbons (Fsp3) is 0.700. The lowest BCUT2D eigenvalue weighted by Gasteiger charge is -2.21. The summed E-state index contributed by atoms with van der Waals surface area (Å²) in [4.78, 5) is 2.46. The van der Waals surface area contributed by atoms with Crippen molar-refractivity contribution in [3.8, 4) is 0 Å². The monoisotopic (exact) mass is 180 g/mol. The highest BCUT2D eigenvalue weighted by Crippen LogP contribution is 2.24. The molecule has 0 N–H and O–H groups in total. The summed E-state index contributed by atoms with van der Waals surface area (Å²) in [6.07, 6.45) is 2.94. The summed E-state index contributed by atoms with van der Waals surface area (Å²) in [5.41, 5.74) is 1.04. The zero-order chi connectivity index (χ0) is 9.26. The van der Waals surface area contributed by atoms with Crippen LogP contribution in [0.4, 0.5) is 0 Å². The molecule has 2 unspecified atom stereocenters. The molecule has 1 fully saturated rings. The largest absolute Gasteiger partial charge is 0.364 e. The van der Waals surface area contributed by atoms with Gasteiger partial charge in [0.15, 0.2) is 0 Å². The van der Waals surface area contributed by atoms with Crippen molar-refractivity contribution in [3.63, 3.8) is 0 Å². The van der Waals surface area contributed by atoms with Gasteiger partial charge in [-0.15, -0.1) is 0 Å². The zero-order valence-corrected chi connectivity index (χ0v) is 8.23. The molecule has 0 saturated carbocycles. The van der Waals surface area contributed by atoms with Crippen LogP contribution in [0.25, 0.3) is 0 Å². The Morgan fingerprint density at radius 3 is 3.00 bits per heavy atom. The van der Waals surface area contributed by atoms with Crippen molar-refractivity contribution in [2.75, 3.05) is 6.54 Å². The van der Waals surface area contributed by atoms with Crippen LogP contribution in [0.5, 0.6) is 0 Å². The molecule has 2 heterocycles. The van der Waals surface area contributed by atoms with Crippen LogP contribution in [0.1, 0.15) is 26.0 Å². The smallest absolute Gasteiger partial charge is 0.124 e. The molecule has 1 aliphatic heterocycles. The van der Waals surface area contributed by atoms with Crippen molar-refractivity contribution in [1.29, 1.82) is 0 Å². The maximum absolute atomic E-state index is 4.81. The van der Waals surface area contributed by atoms with Gasteiger partial charge in [-0.2, -0.15) is 0 Å². The van der Waals surface area contributed by atoms with E-state index in [0.717, 1.165) is 18.2 Å². The molecule has 1 aliphatic rings. The van der Waals surface area contributed by atoms with Crippen molar-refractivity contribution < 1.29 is 4.52 Å². The third-order valence-corrected chi connectivity index (χ3v) is 3.13. The molecular formula is C10H16N2O. The van der Waals surface area contributed by atoms with E-state index in [9.17, 15) is 0 Å². The lowest BCUT2D eigenvalue weighted by Crippen LogP contribution is -2.28. The van der Waals surface area contributed by atoms with E-state index in [0.29, 0.717) is 6.04 Å². The van der Waals surface area contributed by atoms with Gasteiger partial charge in [0.25, 0.3) is 0 Å². The molecule has 2 atom stereocenters. The molecule has 2 rings (SSSR count). The Morgan fingerprint density at radius 1 is 1.62 bits per heavy atom. The summed E-state index contributed by atoms with van der Waals surface area (Å²) in [5, 5.41) is 3.92. The molecule has 1 aromatic heterocycles. The molecule has 1 saturated heterocycles. The SMILES string of the molecule is CC1CCN(Cc2ccon2)C1C. The van der Waals surface area contributed by atoms with Crippen LogP contribution in [0.15, 0.2) is 16.9 Å². The molecule has 13 heavy (non-hydrogen) atoms. The summed E-state index contributed by atoms with van der Waals surface area (Å²) >= 11 is 0. The molecule has 1 aromatic rings. The second kappa shape index (κ2) is 3.50. The number of aromatic nitrogens is 1. The standard InChI is InChI=1S/C10H16N2O/c1-8-3-5-12(9(8)2)7-10-4-6-13-11-10/h4,6,8-9H,3,5,7H2,1-2H3. The summed E-state index contributed by atoms with van der Waals surface area (Å²) in [7, 11) is 0. The Morgan fingerprint density at radius 2 is 2.46 bits per heavy atom. The molecule has 0 aromatic carbocycles. The minimum atomic E-state index is 0.677. The van der Waals surface area contributed by atoms with Gasteiger partial charge in [-0.25, -0.2) is 0 Å². The summed E-state index contributed by atoms with van der Waals surface area (Å²) in [6, 6.07) is 2.62. The second-order valence-electron chi connectivity index (χ2n) is 3.97. The first-order valence-corrected chi connectivity index (χ1v) is 4.90. The van der Waals surface area contributed by atoms with Gasteiger partial charge < -0.3 is 4.52 Å². The molecule has 3 nitrogen and oxygen atoms in total. The zero-order valence-electron chi connectivity index (χ0n) is 8.23. The first-order chi connectivity index (χ1) is 6.27. The lowest BCUT2D eigenvalue weighted by atomic mass is 10.1. The predicted octanol–water partition coefficient (Wildman–Crippen LogP) is 1.90. The van der Waals surface area contributed by atoms with Gasteiger partial charge in [0.05, 0.1) is 5.69 Å². The van der Waals surface area contributed by atoms with Gasteiger partial charge in [0.2, 0.25) is 0 Å². The molecule has 0 spiro atoms. The third-order valence-electron chi connectivity index (χ3n) is 3.13. The quantitative estimate of drug-likeness (QED) is 0.696. The van der Waals surface area contributed by atoms with E-state index in [-0.39, 0.29) is 0 Å². The molecular weight excluding hydrogens is 164 g/mol. The van der Waals surface area contributed by atoms with Crippen LogP contribution in [0.2, 0.25) is 0 Å². The molecule has 0 radical (unpaired) electrons. The number of nitrogens with zero attached hydrogens (tertiary/aromatic N) is 2. The Labute approximate surface area is 78.7 Å². The maximum atomic E-state index is 4.81. The van der Waals surface area contributed by atoms with Gasteiger partial charge >= 0.3 is 0 Å². The van der Waals surface area contributed by atoms with E-state index < -0.39 is 0 Å². The van der Waals surface area contributed by atoms with Crippen LogP contribution in [-0.2, 0) is 6.54 Å². The fourth-order valence-electron chi connectivity index (χ4n) is 1.92. The highest BCUT2D eigenvalue weighted by atomic mass is 16.5. The lowest BCUT2D eigenvalue weighted by molar-refractivity contribution is 0.232. The van der Waals surface area contributed by atoms with E-state index in [2.05, 4.69) is 23.9 Å². The number of hydrogen-bond donors (Lipinski definition) is 0. The molecule has 0 bridgehead atoms. The number of hydrogen-bond acceptors (Lipinski definition) is 3. The summed E-state index contributed by atoms with van der Waals surface area (Å²) in [5.74, 6) is 0.812. The second-order valence-corrected chi connectivity index (χ2v) is 3.97. The van der Waals surface area contributed by atoms with Crippen molar-refractivity contribution in [2.45, 2.75) is 32.9 Å². The average Bonchev–Trinajstić information content (AvgIpc) is 2.71. The predicted molar refractivity (Wildman–Crippen MR) is 50.2 cm³/mol. The Kier molecular flexibility index (Phi) is 2.36. The normalized spacial score (nSPS) is 29.7. The maximum Gasteiger partial charge on any atom is 0.124 e. The van der Waals surface area contributed by atoms with Crippen LogP contribution >= 0.6 is 0 Å². The van der Waals surface area contributed by atoms with Crippen LogP contribution in [0.3, 0.4) is 0 Å². The fourth-order valence-corrected chi connectivity index (χ4v) is 1.92. The first kappa shape index (κ1) is 8.75.